The molecule has 0 fully saturated rings. The summed E-state index contributed by atoms with van der Waals surface area (Å²) in [6, 6.07) is 0.112. The molecule has 0 aromatic carbocycles. The number of allylic oxidation sites excluding steroid dienone is 1. The Labute approximate surface area is 147 Å². The van der Waals surface area contributed by atoms with Gasteiger partial charge in [-0.3, -0.25) is 4.79 Å². The Balaban J connectivity index is 3.59. The van der Waals surface area contributed by atoms with Gasteiger partial charge in [0.2, 0.25) is 0 Å². The van der Waals surface area contributed by atoms with Gasteiger partial charge >= 0.3 is 5.97 Å². The van der Waals surface area contributed by atoms with Crippen molar-refractivity contribution in [2.24, 2.45) is 5.11 Å². The highest BCUT2D eigenvalue weighted by molar-refractivity contribution is 5.68. The summed E-state index contributed by atoms with van der Waals surface area (Å²) in [6.07, 6.45) is 18.3. The molecule has 0 aliphatic rings. The average molecular weight is 338 g/mol. The van der Waals surface area contributed by atoms with E-state index in [9.17, 15) is 4.79 Å². The molecule has 0 aromatic rings. The van der Waals surface area contributed by atoms with Crippen molar-refractivity contribution in [3.8, 4) is 0 Å². The molecule has 24 heavy (non-hydrogen) atoms. The maximum Gasteiger partial charge on any atom is 0.305 e. The molecule has 0 aliphatic heterocycles. The second kappa shape index (κ2) is 17.9. The van der Waals surface area contributed by atoms with Crippen LogP contribution in [0.25, 0.3) is 10.4 Å². The van der Waals surface area contributed by atoms with Gasteiger partial charge in [-0.25, -0.2) is 0 Å². The van der Waals surface area contributed by atoms with Crippen LogP contribution in [0.15, 0.2) is 17.3 Å². The lowest BCUT2D eigenvalue weighted by molar-refractivity contribution is -0.140. The molecule has 1 unspecified atom stereocenters. The standard InChI is InChI=1S/C19H35N3O2/c1-3-4-5-12-15-18(21-22-20)16-13-10-8-6-7-9-11-14-17-19(23)24-2/h10,13,18H,3-9,11-12,14-17H2,1-2H3/b13-10-. The fourth-order valence-electron chi connectivity index (χ4n) is 2.64. The van der Waals surface area contributed by atoms with Gasteiger partial charge in [-0.15, -0.1) is 0 Å². The summed E-state index contributed by atoms with van der Waals surface area (Å²) in [5, 5.41) is 3.90. The van der Waals surface area contributed by atoms with Crippen molar-refractivity contribution in [2.75, 3.05) is 7.11 Å². The van der Waals surface area contributed by atoms with Crippen molar-refractivity contribution < 1.29 is 9.53 Å². The lowest BCUT2D eigenvalue weighted by atomic mass is 10.0. The molecule has 0 rings (SSSR count). The minimum atomic E-state index is -0.109. The Morgan fingerprint density at radius 2 is 1.79 bits per heavy atom. The smallest absolute Gasteiger partial charge is 0.305 e. The van der Waals surface area contributed by atoms with E-state index in [1.54, 1.807) is 0 Å². The first-order valence-corrected chi connectivity index (χ1v) is 9.50. The summed E-state index contributed by atoms with van der Waals surface area (Å²) in [7, 11) is 1.44. The number of methoxy groups -OCH3 is 1. The normalized spacial score (nSPS) is 12.1. The fraction of sp³-hybridized carbons (Fsp3) is 0.842. The van der Waals surface area contributed by atoms with E-state index in [0.29, 0.717) is 6.42 Å². The van der Waals surface area contributed by atoms with Crippen molar-refractivity contribution in [2.45, 2.75) is 96.4 Å². The van der Waals surface area contributed by atoms with Gasteiger partial charge in [-0.1, -0.05) is 69.1 Å². The van der Waals surface area contributed by atoms with E-state index in [2.05, 4.69) is 33.8 Å². The predicted octanol–water partition coefficient (Wildman–Crippen LogP) is 6.49. The first-order chi connectivity index (χ1) is 11.7. The van der Waals surface area contributed by atoms with Crippen LogP contribution >= 0.6 is 0 Å². The van der Waals surface area contributed by atoms with Crippen LogP contribution in [0.1, 0.15) is 90.4 Å². The van der Waals surface area contributed by atoms with E-state index >= 15 is 0 Å². The quantitative estimate of drug-likeness (QED) is 0.0806. The Bertz CT molecular complexity index is 377. The molecule has 0 aromatic heterocycles. The Morgan fingerprint density at radius 3 is 2.50 bits per heavy atom. The second-order valence-corrected chi connectivity index (χ2v) is 6.30. The molecule has 0 heterocycles. The third-order valence-corrected chi connectivity index (χ3v) is 4.16. The van der Waals surface area contributed by atoms with Crippen LogP contribution in [0, 0.1) is 0 Å². The minimum absolute atomic E-state index is 0.109. The van der Waals surface area contributed by atoms with Crippen LogP contribution in [-0.4, -0.2) is 19.1 Å². The molecule has 0 radical (unpaired) electrons. The van der Waals surface area contributed by atoms with E-state index in [4.69, 9.17) is 5.53 Å². The highest BCUT2D eigenvalue weighted by atomic mass is 16.5. The Morgan fingerprint density at radius 1 is 1.08 bits per heavy atom. The predicted molar refractivity (Wildman–Crippen MR) is 99.8 cm³/mol. The van der Waals surface area contributed by atoms with Gasteiger partial charge in [0.1, 0.15) is 0 Å². The topological polar surface area (TPSA) is 75.1 Å². The molecule has 0 spiro atoms. The molecule has 5 nitrogen and oxygen atoms in total. The van der Waals surface area contributed by atoms with E-state index < -0.39 is 0 Å². The summed E-state index contributed by atoms with van der Waals surface area (Å²) in [4.78, 5) is 13.9. The molecular weight excluding hydrogens is 302 g/mol. The maximum atomic E-state index is 11.0. The number of hydrogen-bond acceptors (Lipinski definition) is 3. The number of esters is 1. The third kappa shape index (κ3) is 15.4. The van der Waals surface area contributed by atoms with Crippen molar-refractivity contribution in [1.82, 2.24) is 0 Å². The second-order valence-electron chi connectivity index (χ2n) is 6.30. The zero-order chi connectivity index (χ0) is 17.9. The lowest BCUT2D eigenvalue weighted by Gasteiger charge is -2.07. The fourth-order valence-corrected chi connectivity index (χ4v) is 2.64. The Hall–Kier alpha value is -1.48. The molecule has 0 saturated carbocycles. The zero-order valence-electron chi connectivity index (χ0n) is 15.6. The highest BCUT2D eigenvalue weighted by Gasteiger charge is 2.03. The summed E-state index contributed by atoms with van der Waals surface area (Å²) < 4.78 is 4.62. The minimum Gasteiger partial charge on any atom is -0.469 e. The molecule has 0 aliphatic carbocycles. The molecule has 0 bridgehead atoms. The third-order valence-electron chi connectivity index (χ3n) is 4.16. The van der Waals surface area contributed by atoms with E-state index in [-0.39, 0.29) is 12.0 Å². The number of carbonyl (C=O) groups excluding carboxylic acids is 1. The molecular formula is C19H35N3O2. The monoisotopic (exact) mass is 337 g/mol. The van der Waals surface area contributed by atoms with E-state index in [1.807, 2.05) is 0 Å². The van der Waals surface area contributed by atoms with Gasteiger partial charge in [0.05, 0.1) is 7.11 Å². The van der Waals surface area contributed by atoms with Gasteiger partial charge < -0.3 is 4.74 Å². The zero-order valence-corrected chi connectivity index (χ0v) is 15.6. The van der Waals surface area contributed by atoms with Gasteiger partial charge in [-0.2, -0.15) is 0 Å². The van der Waals surface area contributed by atoms with Gasteiger partial charge in [0.15, 0.2) is 0 Å². The van der Waals surface area contributed by atoms with Gasteiger partial charge in [0.25, 0.3) is 0 Å². The molecule has 138 valence electrons. The maximum absolute atomic E-state index is 11.0. The van der Waals surface area contributed by atoms with E-state index in [0.717, 1.165) is 38.5 Å². The number of nitrogens with zero attached hydrogens (tertiary/aromatic N) is 3. The first kappa shape index (κ1) is 22.5. The number of unbranched alkanes of at least 4 members (excludes halogenated alkanes) is 8. The summed E-state index contributed by atoms with van der Waals surface area (Å²) >= 11 is 0. The van der Waals surface area contributed by atoms with Gasteiger partial charge in [0, 0.05) is 17.4 Å². The summed E-state index contributed by atoms with van der Waals surface area (Å²) in [6.45, 7) is 2.20. The molecule has 0 amide bonds. The molecule has 0 saturated heterocycles. The van der Waals surface area contributed by atoms with Crippen molar-refractivity contribution >= 4 is 5.97 Å². The van der Waals surface area contributed by atoms with Gasteiger partial charge in [-0.05, 0) is 37.6 Å². The molecule has 0 N–H and O–H groups in total. The van der Waals surface area contributed by atoms with Crippen LogP contribution < -0.4 is 0 Å². The lowest BCUT2D eigenvalue weighted by Crippen LogP contribution is -2.01. The van der Waals surface area contributed by atoms with Crippen LogP contribution in [0.4, 0.5) is 0 Å². The van der Waals surface area contributed by atoms with Crippen LogP contribution in [-0.2, 0) is 9.53 Å². The molecule has 1 atom stereocenters. The summed E-state index contributed by atoms with van der Waals surface area (Å²) in [5.41, 5.74) is 8.64. The van der Waals surface area contributed by atoms with E-state index in [1.165, 1.54) is 45.6 Å². The number of azide groups is 1. The average Bonchev–Trinajstić information content (AvgIpc) is 2.59. The van der Waals surface area contributed by atoms with Crippen LogP contribution in [0.3, 0.4) is 0 Å². The number of ether oxygens (including phenoxy) is 1. The van der Waals surface area contributed by atoms with Crippen molar-refractivity contribution in [3.63, 3.8) is 0 Å². The first-order valence-electron chi connectivity index (χ1n) is 9.50. The summed E-state index contributed by atoms with van der Waals surface area (Å²) in [5.74, 6) is -0.109. The van der Waals surface area contributed by atoms with Crippen LogP contribution in [0.2, 0.25) is 0 Å². The van der Waals surface area contributed by atoms with Crippen molar-refractivity contribution in [1.29, 1.82) is 0 Å². The van der Waals surface area contributed by atoms with Crippen LogP contribution in [0.5, 0.6) is 0 Å². The highest BCUT2D eigenvalue weighted by Crippen LogP contribution is 2.13. The number of rotatable bonds is 16. The van der Waals surface area contributed by atoms with Crippen molar-refractivity contribution in [3.05, 3.63) is 22.6 Å². The Kier molecular flexibility index (Phi) is 16.8. The SMILES string of the molecule is CCCCCCC(C/C=C\CCCCCCCC(=O)OC)N=[N+]=[N-]. The molecule has 5 heteroatoms. The largest absolute Gasteiger partial charge is 0.469 e. The number of hydrogen-bond donors (Lipinski definition) is 0. The number of carbonyl (C=O) groups is 1.